The van der Waals surface area contributed by atoms with E-state index in [9.17, 15) is 4.79 Å². The largest absolute Gasteiger partial charge is 0.444 e. The van der Waals surface area contributed by atoms with Crippen molar-refractivity contribution in [3.8, 4) is 0 Å². The van der Waals surface area contributed by atoms with Gasteiger partial charge < -0.3 is 15.0 Å². The molecule has 1 aromatic rings. The molecule has 1 heterocycles. The number of ether oxygens (including phenoxy) is 1. The van der Waals surface area contributed by atoms with E-state index in [0.29, 0.717) is 6.04 Å². The molecule has 0 aliphatic carbocycles. The molecule has 1 aromatic carbocycles. The Kier molecular flexibility index (Phi) is 5.95. The summed E-state index contributed by atoms with van der Waals surface area (Å²) in [5.74, 6) is 0. The molecule has 1 aliphatic heterocycles. The topological polar surface area (TPSA) is 41.6 Å². The van der Waals surface area contributed by atoms with Crippen LogP contribution in [0.1, 0.15) is 45.6 Å². The van der Waals surface area contributed by atoms with Gasteiger partial charge in [-0.1, -0.05) is 22.0 Å². The van der Waals surface area contributed by atoms with Crippen LogP contribution in [0.5, 0.6) is 0 Å². The molecule has 2 rings (SSSR count). The Morgan fingerprint density at radius 2 is 2.04 bits per heavy atom. The van der Waals surface area contributed by atoms with Crippen LogP contribution in [-0.2, 0) is 4.74 Å². The predicted octanol–water partition coefficient (Wildman–Crippen LogP) is 4.96. The molecule has 0 spiro atoms. The van der Waals surface area contributed by atoms with E-state index in [2.05, 4.69) is 40.3 Å². The van der Waals surface area contributed by atoms with Gasteiger partial charge in [0.15, 0.2) is 0 Å². The second-order valence-electron chi connectivity index (χ2n) is 7.15. The molecule has 23 heavy (non-hydrogen) atoms. The Hall–Kier alpha value is -1.23. The van der Waals surface area contributed by atoms with Crippen LogP contribution >= 0.6 is 15.9 Å². The average molecular weight is 383 g/mol. The molecule has 1 aliphatic rings. The molecule has 128 valence electrons. The number of benzene rings is 1. The first-order chi connectivity index (χ1) is 10.8. The lowest BCUT2D eigenvalue weighted by Crippen LogP contribution is -2.37. The predicted molar refractivity (Wildman–Crippen MR) is 97.9 cm³/mol. The van der Waals surface area contributed by atoms with E-state index in [0.717, 1.165) is 42.5 Å². The van der Waals surface area contributed by atoms with Gasteiger partial charge in [-0.3, -0.25) is 0 Å². The van der Waals surface area contributed by atoms with E-state index >= 15 is 0 Å². The van der Waals surface area contributed by atoms with Gasteiger partial charge in [-0.25, -0.2) is 4.79 Å². The van der Waals surface area contributed by atoms with Gasteiger partial charge in [0.2, 0.25) is 0 Å². The van der Waals surface area contributed by atoms with Gasteiger partial charge in [0.25, 0.3) is 0 Å². The van der Waals surface area contributed by atoms with Crippen molar-refractivity contribution < 1.29 is 9.53 Å². The fraction of sp³-hybridized carbons (Fsp3) is 0.611. The molecule has 0 bridgehead atoms. The molecule has 5 heteroatoms. The molecule has 1 atom stereocenters. The van der Waals surface area contributed by atoms with E-state index in [1.165, 1.54) is 5.56 Å². The molecule has 1 saturated heterocycles. The van der Waals surface area contributed by atoms with Crippen LogP contribution in [0.15, 0.2) is 22.7 Å². The molecule has 1 fully saturated rings. The van der Waals surface area contributed by atoms with Crippen molar-refractivity contribution in [3.63, 3.8) is 0 Å². The standard InChI is InChI=1S/C18H27BrN2O2/c1-13-15(19)8-5-9-16(13)20-14-7-6-11-21(12-10-14)17(22)23-18(2,3)4/h5,8-9,14,20H,6-7,10-12H2,1-4H3. The molecule has 0 radical (unpaired) electrons. The number of hydrogen-bond acceptors (Lipinski definition) is 3. The van der Waals surface area contributed by atoms with Gasteiger partial charge in [-0.05, 0) is 64.7 Å². The highest BCUT2D eigenvalue weighted by Gasteiger charge is 2.25. The summed E-state index contributed by atoms with van der Waals surface area (Å²) in [5, 5.41) is 3.63. The average Bonchev–Trinajstić information content (AvgIpc) is 2.68. The van der Waals surface area contributed by atoms with Crippen molar-refractivity contribution in [2.75, 3.05) is 18.4 Å². The smallest absolute Gasteiger partial charge is 0.410 e. The van der Waals surface area contributed by atoms with Gasteiger partial charge in [-0.2, -0.15) is 0 Å². The summed E-state index contributed by atoms with van der Waals surface area (Å²) < 4.78 is 6.60. The number of carbonyl (C=O) groups is 1. The van der Waals surface area contributed by atoms with Gasteiger partial charge >= 0.3 is 6.09 Å². The lowest BCUT2D eigenvalue weighted by molar-refractivity contribution is 0.0256. The highest BCUT2D eigenvalue weighted by atomic mass is 79.9. The maximum Gasteiger partial charge on any atom is 0.410 e. The van der Waals surface area contributed by atoms with Crippen LogP contribution in [-0.4, -0.2) is 35.7 Å². The zero-order chi connectivity index (χ0) is 17.0. The maximum absolute atomic E-state index is 12.2. The van der Waals surface area contributed by atoms with Crippen LogP contribution in [0.2, 0.25) is 0 Å². The maximum atomic E-state index is 12.2. The zero-order valence-corrected chi connectivity index (χ0v) is 16.1. The van der Waals surface area contributed by atoms with Crippen molar-refractivity contribution in [2.45, 2.75) is 58.6 Å². The Morgan fingerprint density at radius 1 is 1.30 bits per heavy atom. The van der Waals surface area contributed by atoms with Crippen molar-refractivity contribution in [3.05, 3.63) is 28.2 Å². The zero-order valence-electron chi connectivity index (χ0n) is 14.5. The molecule has 4 nitrogen and oxygen atoms in total. The summed E-state index contributed by atoms with van der Waals surface area (Å²) in [5.41, 5.74) is 1.95. The summed E-state index contributed by atoms with van der Waals surface area (Å²) in [4.78, 5) is 14.0. The third-order valence-corrected chi connectivity index (χ3v) is 4.87. The third kappa shape index (κ3) is 5.41. The Labute approximate surface area is 147 Å². The van der Waals surface area contributed by atoms with E-state index < -0.39 is 5.60 Å². The number of halogens is 1. The van der Waals surface area contributed by atoms with Crippen molar-refractivity contribution >= 4 is 27.7 Å². The first-order valence-corrected chi connectivity index (χ1v) is 9.05. The molecule has 1 N–H and O–H groups in total. The minimum Gasteiger partial charge on any atom is -0.444 e. The van der Waals surface area contributed by atoms with E-state index in [1.54, 1.807) is 0 Å². The van der Waals surface area contributed by atoms with Crippen molar-refractivity contribution in [1.29, 1.82) is 0 Å². The minimum absolute atomic E-state index is 0.197. The Balaban J connectivity index is 1.93. The Bertz CT molecular complexity index is 554. The summed E-state index contributed by atoms with van der Waals surface area (Å²) in [7, 11) is 0. The number of anilines is 1. The van der Waals surface area contributed by atoms with E-state index in [1.807, 2.05) is 31.7 Å². The highest BCUT2D eigenvalue weighted by molar-refractivity contribution is 9.10. The number of nitrogens with one attached hydrogen (secondary N) is 1. The SMILES string of the molecule is Cc1c(Br)cccc1NC1CCCN(C(=O)OC(C)(C)C)CC1. The summed E-state index contributed by atoms with van der Waals surface area (Å²) in [6.45, 7) is 9.33. The lowest BCUT2D eigenvalue weighted by atomic mass is 10.1. The highest BCUT2D eigenvalue weighted by Crippen LogP contribution is 2.26. The lowest BCUT2D eigenvalue weighted by Gasteiger charge is -2.26. The normalized spacial score (nSPS) is 19.2. The first-order valence-electron chi connectivity index (χ1n) is 8.26. The van der Waals surface area contributed by atoms with Crippen LogP contribution in [0.25, 0.3) is 0 Å². The fourth-order valence-electron chi connectivity index (χ4n) is 2.73. The van der Waals surface area contributed by atoms with Crippen LogP contribution < -0.4 is 5.32 Å². The van der Waals surface area contributed by atoms with Crippen LogP contribution in [0.4, 0.5) is 10.5 Å². The number of nitrogens with zero attached hydrogens (tertiary/aromatic N) is 1. The van der Waals surface area contributed by atoms with Gasteiger partial charge in [0.1, 0.15) is 5.60 Å². The van der Waals surface area contributed by atoms with Crippen molar-refractivity contribution in [2.24, 2.45) is 0 Å². The van der Waals surface area contributed by atoms with Crippen molar-refractivity contribution in [1.82, 2.24) is 4.90 Å². The second kappa shape index (κ2) is 7.56. The number of rotatable bonds is 2. The minimum atomic E-state index is -0.436. The molecule has 0 aromatic heterocycles. The molecular formula is C18H27BrN2O2. The van der Waals surface area contributed by atoms with Crippen LogP contribution in [0.3, 0.4) is 0 Å². The number of amides is 1. The van der Waals surface area contributed by atoms with E-state index in [4.69, 9.17) is 4.74 Å². The van der Waals surface area contributed by atoms with Gasteiger partial charge in [0.05, 0.1) is 0 Å². The Morgan fingerprint density at radius 3 is 2.74 bits per heavy atom. The number of hydrogen-bond donors (Lipinski definition) is 1. The molecule has 0 saturated carbocycles. The van der Waals surface area contributed by atoms with E-state index in [-0.39, 0.29) is 6.09 Å². The van der Waals surface area contributed by atoms with Gasteiger partial charge in [-0.15, -0.1) is 0 Å². The third-order valence-electron chi connectivity index (χ3n) is 4.01. The van der Waals surface area contributed by atoms with Crippen LogP contribution in [0, 0.1) is 6.92 Å². The van der Waals surface area contributed by atoms with Gasteiger partial charge in [0, 0.05) is 29.3 Å². The monoisotopic (exact) mass is 382 g/mol. The fourth-order valence-corrected chi connectivity index (χ4v) is 3.10. The first kappa shape index (κ1) is 18.1. The second-order valence-corrected chi connectivity index (χ2v) is 8.01. The molecule has 1 amide bonds. The molecule has 1 unspecified atom stereocenters. The quantitative estimate of drug-likeness (QED) is 0.785. The summed E-state index contributed by atoms with van der Waals surface area (Å²) in [6, 6.07) is 6.59. The summed E-state index contributed by atoms with van der Waals surface area (Å²) in [6.07, 6.45) is 2.79. The number of likely N-dealkylation sites (tertiary alicyclic amines) is 1. The number of carbonyl (C=O) groups excluding carboxylic acids is 1. The molecular weight excluding hydrogens is 356 g/mol. The summed E-state index contributed by atoms with van der Waals surface area (Å²) >= 11 is 3.57.